The number of hydrogen-bond donors (Lipinski definition) is 2. The van der Waals surface area contributed by atoms with Gasteiger partial charge >= 0.3 is 5.97 Å². The van der Waals surface area contributed by atoms with Crippen molar-refractivity contribution >= 4 is 17.6 Å². The third kappa shape index (κ3) is 3.14. The number of aliphatic carboxylic acids is 1. The summed E-state index contributed by atoms with van der Waals surface area (Å²) in [7, 11) is 0. The molecule has 4 heteroatoms. The van der Waals surface area contributed by atoms with E-state index in [2.05, 4.69) is 0 Å². The Bertz CT molecular complexity index is 388. The minimum Gasteiger partial charge on any atom is -0.508 e. The summed E-state index contributed by atoms with van der Waals surface area (Å²) in [5, 5.41) is 19.1. The van der Waals surface area contributed by atoms with Crippen LogP contribution in [0.4, 0.5) is 0 Å². The average molecular weight is 243 g/mol. The van der Waals surface area contributed by atoms with Crippen molar-refractivity contribution < 1.29 is 15.0 Å². The van der Waals surface area contributed by atoms with E-state index in [1.807, 2.05) is 13.8 Å². The van der Waals surface area contributed by atoms with Crippen molar-refractivity contribution in [3.05, 3.63) is 28.8 Å². The molecule has 0 radical (unpaired) electrons. The van der Waals surface area contributed by atoms with E-state index in [0.29, 0.717) is 17.0 Å². The van der Waals surface area contributed by atoms with Gasteiger partial charge in [0.1, 0.15) is 5.75 Å². The molecule has 1 rings (SSSR count). The Kier molecular flexibility index (Phi) is 4.19. The van der Waals surface area contributed by atoms with Gasteiger partial charge in [0.25, 0.3) is 0 Å². The molecule has 0 saturated carbocycles. The van der Waals surface area contributed by atoms with E-state index in [0.717, 1.165) is 0 Å². The molecule has 88 valence electrons. The minimum absolute atomic E-state index is 0.0101. The number of aromatic hydroxyl groups is 1. The van der Waals surface area contributed by atoms with Gasteiger partial charge in [-0.2, -0.15) is 0 Å². The maximum Gasteiger partial charge on any atom is 0.307 e. The van der Waals surface area contributed by atoms with Crippen LogP contribution in [0.15, 0.2) is 18.2 Å². The fourth-order valence-corrected chi connectivity index (χ4v) is 1.76. The third-order valence-corrected chi connectivity index (χ3v) is 2.84. The van der Waals surface area contributed by atoms with Crippen LogP contribution in [0.1, 0.15) is 19.4 Å². The minimum atomic E-state index is -0.852. The van der Waals surface area contributed by atoms with Crippen LogP contribution in [0, 0.1) is 11.8 Å². The first-order valence-electron chi connectivity index (χ1n) is 5.12. The second kappa shape index (κ2) is 5.21. The molecular weight excluding hydrogens is 228 g/mol. The number of rotatable bonds is 4. The Hall–Kier alpha value is -1.22. The van der Waals surface area contributed by atoms with Crippen molar-refractivity contribution in [1.82, 2.24) is 0 Å². The molecule has 1 atom stereocenters. The van der Waals surface area contributed by atoms with Gasteiger partial charge in [-0.05, 0) is 36.1 Å². The van der Waals surface area contributed by atoms with E-state index in [1.165, 1.54) is 6.07 Å². The molecule has 0 saturated heterocycles. The summed E-state index contributed by atoms with van der Waals surface area (Å²) in [5.74, 6) is -1.26. The van der Waals surface area contributed by atoms with E-state index in [4.69, 9.17) is 16.7 Å². The van der Waals surface area contributed by atoms with Gasteiger partial charge in [-0.3, -0.25) is 4.79 Å². The van der Waals surface area contributed by atoms with Crippen LogP contribution in [-0.4, -0.2) is 16.2 Å². The number of benzene rings is 1. The van der Waals surface area contributed by atoms with Gasteiger partial charge in [0, 0.05) is 5.02 Å². The molecule has 0 fully saturated rings. The topological polar surface area (TPSA) is 57.5 Å². The Morgan fingerprint density at radius 1 is 1.44 bits per heavy atom. The first kappa shape index (κ1) is 12.8. The van der Waals surface area contributed by atoms with Gasteiger partial charge in [-0.15, -0.1) is 0 Å². The number of carbonyl (C=O) groups is 1. The Labute approximate surface area is 99.7 Å². The summed E-state index contributed by atoms with van der Waals surface area (Å²) >= 11 is 5.80. The number of halogens is 1. The molecular formula is C12H15ClO3. The molecule has 0 spiro atoms. The lowest BCUT2D eigenvalue weighted by atomic mass is 9.89. The highest BCUT2D eigenvalue weighted by Crippen LogP contribution is 2.26. The monoisotopic (exact) mass is 242 g/mol. The average Bonchev–Trinajstić information content (AvgIpc) is 2.18. The van der Waals surface area contributed by atoms with Crippen LogP contribution in [0.3, 0.4) is 0 Å². The van der Waals surface area contributed by atoms with Gasteiger partial charge in [-0.1, -0.05) is 25.4 Å². The van der Waals surface area contributed by atoms with Crippen LogP contribution in [-0.2, 0) is 11.2 Å². The molecule has 3 nitrogen and oxygen atoms in total. The predicted octanol–water partition coefficient (Wildman–Crippen LogP) is 2.94. The molecule has 0 bridgehead atoms. The zero-order chi connectivity index (χ0) is 12.3. The van der Waals surface area contributed by atoms with Gasteiger partial charge in [0.2, 0.25) is 0 Å². The lowest BCUT2D eigenvalue weighted by Gasteiger charge is -2.16. The summed E-state index contributed by atoms with van der Waals surface area (Å²) in [6.07, 6.45) is 0.291. The molecule has 0 aliphatic rings. The third-order valence-electron chi connectivity index (χ3n) is 2.60. The highest BCUT2D eigenvalue weighted by atomic mass is 35.5. The van der Waals surface area contributed by atoms with Gasteiger partial charge in [0.15, 0.2) is 0 Å². The zero-order valence-corrected chi connectivity index (χ0v) is 10.0. The van der Waals surface area contributed by atoms with Crippen molar-refractivity contribution in [3.63, 3.8) is 0 Å². The first-order chi connectivity index (χ1) is 7.41. The molecule has 1 aromatic carbocycles. The predicted molar refractivity (Wildman–Crippen MR) is 62.8 cm³/mol. The van der Waals surface area contributed by atoms with Crippen molar-refractivity contribution in [2.75, 3.05) is 0 Å². The van der Waals surface area contributed by atoms with Crippen molar-refractivity contribution in [2.45, 2.75) is 20.3 Å². The summed E-state index contributed by atoms with van der Waals surface area (Å²) in [4.78, 5) is 11.0. The molecule has 0 aliphatic heterocycles. The van der Waals surface area contributed by atoms with E-state index in [-0.39, 0.29) is 11.7 Å². The Morgan fingerprint density at radius 2 is 2.06 bits per heavy atom. The summed E-state index contributed by atoms with van der Waals surface area (Å²) in [5.41, 5.74) is 0.577. The molecule has 1 unspecified atom stereocenters. The van der Waals surface area contributed by atoms with Crippen LogP contribution < -0.4 is 0 Å². The maximum atomic E-state index is 11.0. The van der Waals surface area contributed by atoms with Gasteiger partial charge in [-0.25, -0.2) is 0 Å². The maximum absolute atomic E-state index is 11.0. The molecule has 0 aliphatic carbocycles. The van der Waals surface area contributed by atoms with E-state index in [1.54, 1.807) is 12.1 Å². The quantitative estimate of drug-likeness (QED) is 0.854. The van der Waals surface area contributed by atoms with E-state index >= 15 is 0 Å². The normalized spacial score (nSPS) is 12.8. The van der Waals surface area contributed by atoms with Crippen LogP contribution in [0.5, 0.6) is 5.75 Å². The van der Waals surface area contributed by atoms with Crippen LogP contribution in [0.25, 0.3) is 0 Å². The Morgan fingerprint density at radius 3 is 2.56 bits per heavy atom. The van der Waals surface area contributed by atoms with Gasteiger partial charge in [0.05, 0.1) is 5.92 Å². The standard InChI is InChI=1S/C12H15ClO3/c1-7(2)10(12(15)16)6-8-5-9(13)3-4-11(8)14/h3-5,7,10,14H,6H2,1-2H3,(H,15,16). The number of phenols is 1. The summed E-state index contributed by atoms with van der Waals surface area (Å²) in [6.45, 7) is 3.70. The summed E-state index contributed by atoms with van der Waals surface area (Å²) in [6, 6.07) is 4.66. The van der Waals surface area contributed by atoms with E-state index < -0.39 is 11.9 Å². The van der Waals surface area contributed by atoms with Gasteiger partial charge < -0.3 is 10.2 Å². The highest BCUT2D eigenvalue weighted by Gasteiger charge is 2.23. The molecule has 0 heterocycles. The van der Waals surface area contributed by atoms with Crippen molar-refractivity contribution in [3.8, 4) is 5.75 Å². The molecule has 1 aromatic rings. The molecule has 0 aromatic heterocycles. The van der Waals surface area contributed by atoms with Crippen molar-refractivity contribution in [2.24, 2.45) is 11.8 Å². The smallest absolute Gasteiger partial charge is 0.307 e. The lowest BCUT2D eigenvalue weighted by molar-refractivity contribution is -0.143. The number of carboxylic acids is 1. The fraction of sp³-hybridized carbons (Fsp3) is 0.417. The van der Waals surface area contributed by atoms with E-state index in [9.17, 15) is 9.90 Å². The summed E-state index contributed by atoms with van der Waals surface area (Å²) < 4.78 is 0. The first-order valence-corrected chi connectivity index (χ1v) is 5.49. The molecule has 0 amide bonds. The highest BCUT2D eigenvalue weighted by molar-refractivity contribution is 6.30. The number of hydrogen-bond acceptors (Lipinski definition) is 2. The van der Waals surface area contributed by atoms with Crippen LogP contribution in [0.2, 0.25) is 5.02 Å². The number of phenolic OH excluding ortho intramolecular Hbond substituents is 1. The molecule has 2 N–H and O–H groups in total. The SMILES string of the molecule is CC(C)C(Cc1cc(Cl)ccc1O)C(=O)O. The van der Waals surface area contributed by atoms with Crippen molar-refractivity contribution in [1.29, 1.82) is 0 Å². The molecule has 16 heavy (non-hydrogen) atoms. The van der Waals surface area contributed by atoms with Crippen LogP contribution >= 0.6 is 11.6 Å². The number of carboxylic acid groups (broad SMARTS) is 1. The largest absolute Gasteiger partial charge is 0.508 e. The second-order valence-corrected chi connectivity index (χ2v) is 4.60. The lowest BCUT2D eigenvalue weighted by Crippen LogP contribution is -2.22. The zero-order valence-electron chi connectivity index (χ0n) is 9.27. The fourth-order valence-electron chi connectivity index (χ4n) is 1.56. The Balaban J connectivity index is 2.93. The second-order valence-electron chi connectivity index (χ2n) is 4.17.